The maximum atomic E-state index is 9.11. The van der Waals surface area contributed by atoms with Gasteiger partial charge in [-0.1, -0.05) is 17.7 Å². The molecule has 2 heterocycles. The Bertz CT molecular complexity index is 797. The Morgan fingerprint density at radius 3 is 2.79 bits per heavy atom. The minimum absolute atomic E-state index is 0.563. The van der Waals surface area contributed by atoms with E-state index in [1.807, 2.05) is 29.8 Å². The van der Waals surface area contributed by atoms with Gasteiger partial charge in [-0.25, -0.2) is 4.98 Å². The summed E-state index contributed by atoms with van der Waals surface area (Å²) < 4.78 is 1.92. The number of rotatable bonds is 1. The van der Waals surface area contributed by atoms with Crippen molar-refractivity contribution in [2.24, 2.45) is 7.05 Å². The van der Waals surface area contributed by atoms with Gasteiger partial charge < -0.3 is 4.57 Å². The first-order valence-corrected chi connectivity index (χ1v) is 6.06. The molecule has 1 aromatic carbocycles. The van der Waals surface area contributed by atoms with E-state index >= 15 is 0 Å². The molecule has 0 fully saturated rings. The van der Waals surface area contributed by atoms with E-state index in [0.717, 1.165) is 17.0 Å². The minimum Gasteiger partial charge on any atom is -0.326 e. The van der Waals surface area contributed by atoms with E-state index in [0.29, 0.717) is 16.1 Å². The zero-order valence-electron chi connectivity index (χ0n) is 10.1. The highest BCUT2D eigenvalue weighted by molar-refractivity contribution is 6.30. The number of aryl methyl sites for hydroxylation is 1. The number of hydrogen-bond donors (Lipinski definition) is 0. The summed E-state index contributed by atoms with van der Waals surface area (Å²) in [6.45, 7) is 0. The Kier molecular flexibility index (Phi) is 2.69. The molecule has 0 unspecified atom stereocenters. The number of benzene rings is 1. The summed E-state index contributed by atoms with van der Waals surface area (Å²) in [4.78, 5) is 8.78. The molecule has 4 nitrogen and oxygen atoms in total. The standard InChI is InChI=1S/C14H9ClN4/c1-19-12-4-2-3-9(7-16)13(12)18-14(19)11-6-5-10(15)8-17-11/h2-6,8H,1H3. The van der Waals surface area contributed by atoms with E-state index in [1.165, 1.54) is 0 Å². The van der Waals surface area contributed by atoms with Gasteiger partial charge in [0.05, 0.1) is 16.1 Å². The van der Waals surface area contributed by atoms with Gasteiger partial charge in [-0.2, -0.15) is 5.26 Å². The van der Waals surface area contributed by atoms with Crippen LogP contribution in [0.2, 0.25) is 5.02 Å². The third-order valence-corrected chi connectivity index (χ3v) is 3.21. The number of aromatic nitrogens is 3. The van der Waals surface area contributed by atoms with Gasteiger partial charge in [0.25, 0.3) is 0 Å². The topological polar surface area (TPSA) is 54.5 Å². The van der Waals surface area contributed by atoms with Gasteiger partial charge in [-0.3, -0.25) is 4.98 Å². The van der Waals surface area contributed by atoms with E-state index in [1.54, 1.807) is 18.3 Å². The van der Waals surface area contributed by atoms with Crippen molar-refractivity contribution >= 4 is 22.6 Å². The predicted molar refractivity (Wildman–Crippen MR) is 73.7 cm³/mol. The predicted octanol–water partition coefficient (Wildman–Crippen LogP) is 3.16. The third kappa shape index (κ3) is 1.85. The van der Waals surface area contributed by atoms with E-state index in [4.69, 9.17) is 16.9 Å². The fourth-order valence-electron chi connectivity index (χ4n) is 2.04. The lowest BCUT2D eigenvalue weighted by atomic mass is 10.2. The molecule has 0 saturated carbocycles. The van der Waals surface area contributed by atoms with Crippen LogP contribution in [-0.4, -0.2) is 14.5 Å². The average Bonchev–Trinajstić information content (AvgIpc) is 2.77. The van der Waals surface area contributed by atoms with Crippen LogP contribution in [0.15, 0.2) is 36.5 Å². The lowest BCUT2D eigenvalue weighted by molar-refractivity contribution is 0.950. The molecule has 92 valence electrons. The lowest BCUT2D eigenvalue weighted by Gasteiger charge is -2.01. The van der Waals surface area contributed by atoms with Gasteiger partial charge in [0.1, 0.15) is 17.3 Å². The summed E-state index contributed by atoms with van der Waals surface area (Å²) in [6.07, 6.45) is 1.58. The number of pyridine rings is 1. The Labute approximate surface area is 114 Å². The van der Waals surface area contributed by atoms with Gasteiger partial charge in [-0.05, 0) is 24.3 Å². The number of nitriles is 1. The first-order valence-electron chi connectivity index (χ1n) is 5.68. The maximum absolute atomic E-state index is 9.11. The maximum Gasteiger partial charge on any atom is 0.159 e. The molecule has 0 amide bonds. The smallest absolute Gasteiger partial charge is 0.159 e. The Hall–Kier alpha value is -2.38. The van der Waals surface area contributed by atoms with Crippen molar-refractivity contribution in [2.45, 2.75) is 0 Å². The van der Waals surface area contributed by atoms with E-state index in [-0.39, 0.29) is 0 Å². The molecule has 2 aromatic heterocycles. The number of hydrogen-bond acceptors (Lipinski definition) is 3. The van der Waals surface area contributed by atoms with Gasteiger partial charge in [0.2, 0.25) is 0 Å². The zero-order chi connectivity index (χ0) is 13.4. The van der Waals surface area contributed by atoms with E-state index < -0.39 is 0 Å². The Balaban J connectivity index is 2.29. The molecular formula is C14H9ClN4. The van der Waals surface area contributed by atoms with Crippen LogP contribution >= 0.6 is 11.6 Å². The molecule has 0 radical (unpaired) electrons. The fourth-order valence-corrected chi connectivity index (χ4v) is 2.15. The molecule has 0 saturated heterocycles. The van der Waals surface area contributed by atoms with E-state index in [9.17, 15) is 0 Å². The SMILES string of the molecule is Cn1c(-c2ccc(Cl)cn2)nc2c(C#N)cccc21. The van der Waals surface area contributed by atoms with Crippen molar-refractivity contribution < 1.29 is 0 Å². The summed E-state index contributed by atoms with van der Waals surface area (Å²) in [5.41, 5.74) is 2.89. The summed E-state index contributed by atoms with van der Waals surface area (Å²) >= 11 is 5.83. The van der Waals surface area contributed by atoms with Gasteiger partial charge in [-0.15, -0.1) is 0 Å². The highest BCUT2D eigenvalue weighted by Gasteiger charge is 2.13. The van der Waals surface area contributed by atoms with Gasteiger partial charge in [0, 0.05) is 13.2 Å². The second-order valence-electron chi connectivity index (χ2n) is 4.14. The molecule has 0 aliphatic carbocycles. The van der Waals surface area contributed by atoms with Crippen molar-refractivity contribution in [1.29, 1.82) is 5.26 Å². The number of halogens is 1. The molecule has 0 aliphatic rings. The van der Waals surface area contributed by atoms with Crippen molar-refractivity contribution in [3.05, 3.63) is 47.1 Å². The molecule has 0 atom stereocenters. The molecule has 0 N–H and O–H groups in total. The normalized spacial score (nSPS) is 10.6. The third-order valence-electron chi connectivity index (χ3n) is 2.99. The van der Waals surface area contributed by atoms with Crippen LogP contribution in [0.25, 0.3) is 22.6 Å². The largest absolute Gasteiger partial charge is 0.326 e. The second kappa shape index (κ2) is 4.38. The number of para-hydroxylation sites is 1. The van der Waals surface area contributed by atoms with Crippen LogP contribution in [0.3, 0.4) is 0 Å². The molecule has 0 spiro atoms. The van der Waals surface area contributed by atoms with Crippen molar-refractivity contribution in [3.8, 4) is 17.6 Å². The van der Waals surface area contributed by atoms with Crippen LogP contribution in [0.4, 0.5) is 0 Å². The van der Waals surface area contributed by atoms with Gasteiger partial charge in [0.15, 0.2) is 5.82 Å². The number of nitrogens with zero attached hydrogens (tertiary/aromatic N) is 4. The summed E-state index contributed by atoms with van der Waals surface area (Å²) in [5, 5.41) is 9.69. The van der Waals surface area contributed by atoms with Crippen LogP contribution < -0.4 is 0 Å². The monoisotopic (exact) mass is 268 g/mol. The molecule has 5 heteroatoms. The summed E-state index contributed by atoms with van der Waals surface area (Å²) in [5.74, 6) is 0.717. The van der Waals surface area contributed by atoms with Crippen LogP contribution in [0.5, 0.6) is 0 Å². The Morgan fingerprint density at radius 2 is 2.11 bits per heavy atom. The van der Waals surface area contributed by atoms with Crippen molar-refractivity contribution in [3.63, 3.8) is 0 Å². The second-order valence-corrected chi connectivity index (χ2v) is 4.58. The fraction of sp³-hybridized carbons (Fsp3) is 0.0714. The molecule has 3 aromatic rings. The van der Waals surface area contributed by atoms with Crippen molar-refractivity contribution in [1.82, 2.24) is 14.5 Å². The van der Waals surface area contributed by atoms with Crippen molar-refractivity contribution in [2.75, 3.05) is 0 Å². The highest BCUT2D eigenvalue weighted by atomic mass is 35.5. The zero-order valence-corrected chi connectivity index (χ0v) is 10.9. The van der Waals surface area contributed by atoms with Gasteiger partial charge >= 0.3 is 0 Å². The van der Waals surface area contributed by atoms with E-state index in [2.05, 4.69) is 16.0 Å². The molecule has 0 bridgehead atoms. The Morgan fingerprint density at radius 1 is 1.26 bits per heavy atom. The average molecular weight is 269 g/mol. The summed E-state index contributed by atoms with van der Waals surface area (Å²) in [7, 11) is 1.90. The summed E-state index contributed by atoms with van der Waals surface area (Å²) in [6, 6.07) is 11.3. The minimum atomic E-state index is 0.563. The molecule has 19 heavy (non-hydrogen) atoms. The molecule has 3 rings (SSSR count). The number of imidazole rings is 1. The first-order chi connectivity index (χ1) is 9.20. The molecular weight excluding hydrogens is 260 g/mol. The quantitative estimate of drug-likeness (QED) is 0.681. The highest BCUT2D eigenvalue weighted by Crippen LogP contribution is 2.24. The van der Waals surface area contributed by atoms with Crippen LogP contribution in [-0.2, 0) is 7.05 Å². The van der Waals surface area contributed by atoms with Crippen LogP contribution in [0.1, 0.15) is 5.56 Å². The molecule has 0 aliphatic heterocycles. The number of fused-ring (bicyclic) bond motifs is 1. The first kappa shape index (κ1) is 11.7. The lowest BCUT2D eigenvalue weighted by Crippen LogP contribution is -1.94. The van der Waals surface area contributed by atoms with Crippen LogP contribution in [0, 0.1) is 11.3 Å².